The molecule has 1 heterocycles. The summed E-state index contributed by atoms with van der Waals surface area (Å²) in [4.78, 5) is 12.7. The third-order valence-electron chi connectivity index (χ3n) is 4.79. The molecule has 0 saturated carbocycles. The molecule has 1 aromatic carbocycles. The highest BCUT2D eigenvalue weighted by Gasteiger charge is 2.36. The van der Waals surface area contributed by atoms with Crippen molar-refractivity contribution in [2.75, 3.05) is 6.61 Å². The maximum Gasteiger partial charge on any atom is 0.168 e. The Labute approximate surface area is 135 Å². The number of Topliss-reactive ketones (excluding diaryl/α,β-unsaturated/α-hetero) is 1. The molecule has 1 aromatic rings. The first-order chi connectivity index (χ1) is 10.2. The molecule has 0 radical (unpaired) electrons. The van der Waals surface area contributed by atoms with Crippen LogP contribution in [0.25, 0.3) is 0 Å². The van der Waals surface area contributed by atoms with Crippen molar-refractivity contribution in [1.29, 1.82) is 0 Å². The lowest BCUT2D eigenvalue weighted by Crippen LogP contribution is -2.38. The van der Waals surface area contributed by atoms with E-state index < -0.39 is 0 Å². The van der Waals surface area contributed by atoms with Crippen molar-refractivity contribution in [3.63, 3.8) is 0 Å². The largest absolute Gasteiger partial charge is 0.377 e. The molecule has 2 heteroatoms. The Balaban J connectivity index is 1.95. The standard InChI is InChI=1S/C20H30O2/c1-19(2,3)17-12-11-15(14-22-17)13-20(4,5)18(21)16-9-7-6-8-10-16/h6-10,15,17H,11-14H2,1-5H3. The van der Waals surface area contributed by atoms with Crippen LogP contribution in [0.15, 0.2) is 30.3 Å². The van der Waals surface area contributed by atoms with Crippen molar-refractivity contribution >= 4 is 5.78 Å². The Morgan fingerprint density at radius 1 is 1.09 bits per heavy atom. The van der Waals surface area contributed by atoms with Gasteiger partial charge in [-0.15, -0.1) is 0 Å². The van der Waals surface area contributed by atoms with Crippen molar-refractivity contribution in [1.82, 2.24) is 0 Å². The van der Waals surface area contributed by atoms with Crippen LogP contribution in [0.3, 0.4) is 0 Å². The Morgan fingerprint density at radius 2 is 1.73 bits per heavy atom. The van der Waals surface area contributed by atoms with E-state index >= 15 is 0 Å². The van der Waals surface area contributed by atoms with Gasteiger partial charge in [-0.05, 0) is 30.6 Å². The molecule has 1 aliphatic heterocycles. The van der Waals surface area contributed by atoms with Gasteiger partial charge in [0.1, 0.15) is 0 Å². The summed E-state index contributed by atoms with van der Waals surface area (Å²) in [6.07, 6.45) is 3.51. The Bertz CT molecular complexity index is 488. The predicted octanol–water partition coefficient (Wildman–Crippen LogP) is 5.13. The van der Waals surface area contributed by atoms with Crippen LogP contribution in [0.4, 0.5) is 0 Å². The average molecular weight is 302 g/mol. The predicted molar refractivity (Wildman–Crippen MR) is 91.1 cm³/mol. The van der Waals surface area contributed by atoms with E-state index in [1.54, 1.807) is 0 Å². The van der Waals surface area contributed by atoms with Gasteiger partial charge >= 0.3 is 0 Å². The molecule has 0 aliphatic carbocycles. The maximum absolute atomic E-state index is 12.7. The third-order valence-corrected chi connectivity index (χ3v) is 4.79. The van der Waals surface area contributed by atoms with Crippen LogP contribution >= 0.6 is 0 Å². The quantitative estimate of drug-likeness (QED) is 0.721. The van der Waals surface area contributed by atoms with Crippen LogP contribution in [0.1, 0.15) is 64.2 Å². The van der Waals surface area contributed by atoms with Crippen LogP contribution in [-0.2, 0) is 4.74 Å². The first kappa shape index (κ1) is 17.2. The second kappa shape index (κ2) is 6.54. The van der Waals surface area contributed by atoms with Crippen molar-refractivity contribution in [3.05, 3.63) is 35.9 Å². The Morgan fingerprint density at radius 3 is 2.23 bits per heavy atom. The minimum atomic E-state index is -0.329. The van der Waals surface area contributed by atoms with Crippen molar-refractivity contribution in [2.45, 2.75) is 60.0 Å². The van der Waals surface area contributed by atoms with Gasteiger partial charge in [0.25, 0.3) is 0 Å². The highest BCUT2D eigenvalue weighted by molar-refractivity contribution is 5.99. The number of benzene rings is 1. The topological polar surface area (TPSA) is 26.3 Å². The first-order valence-electron chi connectivity index (χ1n) is 8.41. The fourth-order valence-corrected chi connectivity index (χ4v) is 3.44. The molecule has 0 spiro atoms. The van der Waals surface area contributed by atoms with Crippen LogP contribution in [-0.4, -0.2) is 18.5 Å². The summed E-state index contributed by atoms with van der Waals surface area (Å²) in [5.74, 6) is 0.729. The number of rotatable bonds is 4. The van der Waals surface area contributed by atoms with Crippen LogP contribution in [0.5, 0.6) is 0 Å². The van der Waals surface area contributed by atoms with E-state index in [1.165, 1.54) is 0 Å². The fraction of sp³-hybridized carbons (Fsp3) is 0.650. The minimum Gasteiger partial charge on any atom is -0.377 e. The van der Waals surface area contributed by atoms with Gasteiger partial charge < -0.3 is 4.74 Å². The third kappa shape index (κ3) is 4.19. The normalized spacial score (nSPS) is 23.3. The summed E-state index contributed by atoms with van der Waals surface area (Å²) < 4.78 is 6.08. The molecule has 0 N–H and O–H groups in total. The molecule has 22 heavy (non-hydrogen) atoms. The van der Waals surface area contributed by atoms with Crippen LogP contribution in [0, 0.1) is 16.7 Å². The lowest BCUT2D eigenvalue weighted by atomic mass is 9.74. The smallest absolute Gasteiger partial charge is 0.168 e. The summed E-state index contributed by atoms with van der Waals surface area (Å²) in [6, 6.07) is 9.64. The molecule has 0 aromatic heterocycles. The van der Waals surface area contributed by atoms with Gasteiger partial charge in [0.2, 0.25) is 0 Å². The van der Waals surface area contributed by atoms with Gasteiger partial charge in [-0.1, -0.05) is 65.0 Å². The second-order valence-electron chi connectivity index (χ2n) is 8.41. The van der Waals surface area contributed by atoms with Crippen molar-refractivity contribution in [3.8, 4) is 0 Å². The molecule has 1 aliphatic rings. The van der Waals surface area contributed by atoms with E-state index in [1.807, 2.05) is 30.3 Å². The fourth-order valence-electron chi connectivity index (χ4n) is 3.44. The van der Waals surface area contributed by atoms with E-state index in [-0.39, 0.29) is 16.6 Å². The number of hydrogen-bond acceptors (Lipinski definition) is 2. The van der Waals surface area contributed by atoms with Crippen LogP contribution < -0.4 is 0 Å². The van der Waals surface area contributed by atoms with Gasteiger partial charge in [0, 0.05) is 17.6 Å². The monoisotopic (exact) mass is 302 g/mol. The second-order valence-corrected chi connectivity index (χ2v) is 8.41. The molecular weight excluding hydrogens is 272 g/mol. The average Bonchev–Trinajstić information content (AvgIpc) is 2.46. The van der Waals surface area contributed by atoms with E-state index in [4.69, 9.17) is 4.74 Å². The number of ketones is 1. The molecule has 2 atom stereocenters. The van der Waals surface area contributed by atoms with Crippen molar-refractivity contribution < 1.29 is 9.53 Å². The number of ether oxygens (including phenoxy) is 1. The molecule has 2 unspecified atom stereocenters. The van der Waals surface area contributed by atoms with E-state index in [0.29, 0.717) is 12.0 Å². The number of hydrogen-bond donors (Lipinski definition) is 0. The minimum absolute atomic E-state index is 0.209. The SMILES string of the molecule is CC(C)(CC1CCC(C(C)(C)C)OC1)C(=O)c1ccccc1. The van der Waals surface area contributed by atoms with E-state index in [2.05, 4.69) is 34.6 Å². The summed E-state index contributed by atoms with van der Waals surface area (Å²) in [6.45, 7) is 11.6. The van der Waals surface area contributed by atoms with E-state index in [0.717, 1.165) is 31.4 Å². The highest BCUT2D eigenvalue weighted by Crippen LogP contribution is 2.37. The maximum atomic E-state index is 12.7. The zero-order valence-electron chi connectivity index (χ0n) is 14.7. The first-order valence-corrected chi connectivity index (χ1v) is 8.41. The van der Waals surface area contributed by atoms with Gasteiger partial charge in [0.05, 0.1) is 6.10 Å². The van der Waals surface area contributed by atoms with Gasteiger partial charge in [-0.25, -0.2) is 0 Å². The molecule has 0 amide bonds. The molecule has 122 valence electrons. The molecule has 0 bridgehead atoms. The van der Waals surface area contributed by atoms with Gasteiger partial charge in [0.15, 0.2) is 5.78 Å². The summed E-state index contributed by atoms with van der Waals surface area (Å²) in [7, 11) is 0. The zero-order chi connectivity index (χ0) is 16.4. The summed E-state index contributed by atoms with van der Waals surface area (Å²) in [5, 5.41) is 0. The number of carbonyl (C=O) groups is 1. The number of carbonyl (C=O) groups excluding carboxylic acids is 1. The molecule has 2 nitrogen and oxygen atoms in total. The Hall–Kier alpha value is -1.15. The molecule has 1 saturated heterocycles. The summed E-state index contributed by atoms with van der Waals surface area (Å²) >= 11 is 0. The van der Waals surface area contributed by atoms with Crippen LogP contribution in [0.2, 0.25) is 0 Å². The lowest BCUT2D eigenvalue weighted by Gasteiger charge is -2.39. The van der Waals surface area contributed by atoms with Crippen molar-refractivity contribution in [2.24, 2.45) is 16.7 Å². The lowest BCUT2D eigenvalue weighted by molar-refractivity contribution is -0.0758. The van der Waals surface area contributed by atoms with E-state index in [9.17, 15) is 4.79 Å². The highest BCUT2D eigenvalue weighted by atomic mass is 16.5. The molecule has 2 rings (SSSR count). The van der Waals surface area contributed by atoms with Gasteiger partial charge in [-0.3, -0.25) is 4.79 Å². The molecule has 1 fully saturated rings. The van der Waals surface area contributed by atoms with Gasteiger partial charge in [-0.2, -0.15) is 0 Å². The molecular formula is C20H30O2. The Kier molecular flexibility index (Phi) is 5.11. The summed E-state index contributed by atoms with van der Waals surface area (Å²) in [5.41, 5.74) is 0.696. The zero-order valence-corrected chi connectivity index (χ0v) is 14.7.